The van der Waals surface area contributed by atoms with Crippen molar-refractivity contribution in [2.45, 2.75) is 38.3 Å². The molecule has 21 heavy (non-hydrogen) atoms. The summed E-state index contributed by atoms with van der Waals surface area (Å²) in [5.41, 5.74) is 7.75. The van der Waals surface area contributed by atoms with Gasteiger partial charge in [0.15, 0.2) is 11.7 Å². The molecule has 0 amide bonds. The molecule has 0 radical (unpaired) electrons. The van der Waals surface area contributed by atoms with Gasteiger partial charge in [-0.15, -0.1) is 0 Å². The Morgan fingerprint density at radius 1 is 1.29 bits per heavy atom. The van der Waals surface area contributed by atoms with Gasteiger partial charge in [-0.25, -0.2) is 4.99 Å². The predicted molar refractivity (Wildman–Crippen MR) is 82.7 cm³/mol. The van der Waals surface area contributed by atoms with Crippen molar-refractivity contribution in [1.29, 1.82) is 0 Å². The minimum atomic E-state index is 0.408. The molecule has 5 heteroatoms. The third-order valence-corrected chi connectivity index (χ3v) is 3.74. The van der Waals surface area contributed by atoms with Gasteiger partial charge in [0.2, 0.25) is 0 Å². The number of aliphatic imine (C=N–C) groups is 1. The smallest absolute Gasteiger partial charge is 0.189 e. The number of hydrogen-bond donors (Lipinski definition) is 2. The van der Waals surface area contributed by atoms with Crippen LogP contribution >= 0.6 is 0 Å². The Kier molecular flexibility index (Phi) is 4.19. The monoisotopic (exact) mass is 284 g/mol. The lowest BCUT2D eigenvalue weighted by Crippen LogP contribution is -2.38. The number of nitrogens with two attached hydrogens (primary N) is 1. The van der Waals surface area contributed by atoms with E-state index in [-0.39, 0.29) is 0 Å². The van der Waals surface area contributed by atoms with E-state index in [1.165, 1.54) is 25.7 Å². The summed E-state index contributed by atoms with van der Waals surface area (Å²) >= 11 is 0. The van der Waals surface area contributed by atoms with E-state index in [9.17, 15) is 0 Å². The first-order valence-corrected chi connectivity index (χ1v) is 7.39. The first kappa shape index (κ1) is 13.7. The third kappa shape index (κ3) is 3.62. The van der Waals surface area contributed by atoms with Crippen LogP contribution in [-0.2, 0) is 6.54 Å². The standard InChI is InChI=1S/C16H20N4O/c17-16(19-13-8-4-5-9-13)18-11-14-10-15(20-21-14)12-6-2-1-3-7-12/h1-3,6-7,10,13H,4-5,8-9,11H2,(H3,17,18,19). The summed E-state index contributed by atoms with van der Waals surface area (Å²) in [6.45, 7) is 0.408. The lowest BCUT2D eigenvalue weighted by atomic mass is 10.1. The molecule has 3 N–H and O–H groups in total. The Hall–Kier alpha value is -2.30. The summed E-state index contributed by atoms with van der Waals surface area (Å²) < 4.78 is 5.30. The van der Waals surface area contributed by atoms with Crippen molar-refractivity contribution in [2.75, 3.05) is 0 Å². The maximum absolute atomic E-state index is 5.90. The molecule has 1 aliphatic carbocycles. The molecule has 5 nitrogen and oxygen atoms in total. The van der Waals surface area contributed by atoms with Crippen molar-refractivity contribution in [2.24, 2.45) is 10.7 Å². The fourth-order valence-corrected chi connectivity index (χ4v) is 2.62. The zero-order chi connectivity index (χ0) is 14.5. The number of benzene rings is 1. The molecule has 1 aromatic heterocycles. The molecule has 3 rings (SSSR count). The second kappa shape index (κ2) is 6.43. The van der Waals surface area contributed by atoms with Crippen LogP contribution in [0.2, 0.25) is 0 Å². The number of hydrogen-bond acceptors (Lipinski definition) is 3. The third-order valence-electron chi connectivity index (χ3n) is 3.74. The number of nitrogens with zero attached hydrogens (tertiary/aromatic N) is 2. The lowest BCUT2D eigenvalue weighted by molar-refractivity contribution is 0.387. The van der Waals surface area contributed by atoms with Gasteiger partial charge in [-0.1, -0.05) is 48.3 Å². The molecule has 0 aliphatic heterocycles. The van der Waals surface area contributed by atoms with E-state index in [4.69, 9.17) is 10.3 Å². The molecule has 0 saturated heterocycles. The number of aromatic nitrogens is 1. The summed E-state index contributed by atoms with van der Waals surface area (Å²) in [7, 11) is 0. The van der Waals surface area contributed by atoms with E-state index in [1.54, 1.807) is 0 Å². The molecule has 1 aliphatic rings. The fraction of sp³-hybridized carbons (Fsp3) is 0.375. The van der Waals surface area contributed by atoms with Crippen molar-refractivity contribution in [1.82, 2.24) is 10.5 Å². The maximum atomic E-state index is 5.90. The highest BCUT2D eigenvalue weighted by molar-refractivity contribution is 5.78. The Labute approximate surface area is 124 Å². The van der Waals surface area contributed by atoms with E-state index >= 15 is 0 Å². The average Bonchev–Trinajstić information content (AvgIpc) is 3.17. The molecule has 1 aromatic carbocycles. The van der Waals surface area contributed by atoms with Gasteiger partial charge in [-0.2, -0.15) is 0 Å². The SMILES string of the molecule is NC(=NCc1cc(-c2ccccc2)no1)NC1CCCC1. The van der Waals surface area contributed by atoms with Crippen LogP contribution in [0.3, 0.4) is 0 Å². The van der Waals surface area contributed by atoms with Crippen LogP contribution < -0.4 is 11.1 Å². The summed E-state index contributed by atoms with van der Waals surface area (Å²) in [5, 5.41) is 7.32. The van der Waals surface area contributed by atoms with E-state index in [0.717, 1.165) is 11.3 Å². The summed E-state index contributed by atoms with van der Waals surface area (Å²) in [4.78, 5) is 4.31. The first-order chi connectivity index (χ1) is 10.3. The summed E-state index contributed by atoms with van der Waals surface area (Å²) in [5.74, 6) is 1.20. The number of nitrogens with one attached hydrogen (secondary N) is 1. The van der Waals surface area contributed by atoms with Gasteiger partial charge in [0.25, 0.3) is 0 Å². The van der Waals surface area contributed by atoms with Crippen LogP contribution in [0.25, 0.3) is 11.3 Å². The topological polar surface area (TPSA) is 76.4 Å². The Bertz CT molecular complexity index is 600. The molecular formula is C16H20N4O. The van der Waals surface area contributed by atoms with Gasteiger partial charge in [-0.3, -0.25) is 0 Å². The van der Waals surface area contributed by atoms with Crippen LogP contribution in [0.15, 0.2) is 45.9 Å². The molecule has 1 fully saturated rings. The van der Waals surface area contributed by atoms with Crippen molar-refractivity contribution in [3.8, 4) is 11.3 Å². The van der Waals surface area contributed by atoms with Crippen LogP contribution in [0.5, 0.6) is 0 Å². The molecule has 0 bridgehead atoms. The van der Waals surface area contributed by atoms with E-state index in [2.05, 4.69) is 15.5 Å². The predicted octanol–water partition coefficient (Wildman–Crippen LogP) is 2.69. The van der Waals surface area contributed by atoms with Crippen LogP contribution in [0, 0.1) is 0 Å². The second-order valence-electron chi connectivity index (χ2n) is 5.37. The van der Waals surface area contributed by atoms with Crippen LogP contribution in [0.1, 0.15) is 31.4 Å². The highest BCUT2D eigenvalue weighted by Crippen LogP contribution is 2.19. The van der Waals surface area contributed by atoms with Gasteiger partial charge in [0.05, 0.1) is 0 Å². The fourth-order valence-electron chi connectivity index (χ4n) is 2.62. The summed E-state index contributed by atoms with van der Waals surface area (Å²) in [6.07, 6.45) is 4.90. The largest absolute Gasteiger partial charge is 0.370 e. The quantitative estimate of drug-likeness (QED) is 0.668. The van der Waals surface area contributed by atoms with E-state index in [1.807, 2.05) is 36.4 Å². The molecular weight excluding hydrogens is 264 g/mol. The number of guanidine groups is 1. The molecule has 1 heterocycles. The van der Waals surface area contributed by atoms with E-state index in [0.29, 0.717) is 24.3 Å². The molecule has 1 saturated carbocycles. The maximum Gasteiger partial charge on any atom is 0.189 e. The molecule has 0 atom stereocenters. The molecule has 110 valence electrons. The Balaban J connectivity index is 1.59. The van der Waals surface area contributed by atoms with Crippen LogP contribution in [0.4, 0.5) is 0 Å². The van der Waals surface area contributed by atoms with Gasteiger partial charge in [-0.05, 0) is 12.8 Å². The normalized spacial score (nSPS) is 16.3. The van der Waals surface area contributed by atoms with Gasteiger partial charge in [0, 0.05) is 17.7 Å². The highest BCUT2D eigenvalue weighted by Gasteiger charge is 2.14. The van der Waals surface area contributed by atoms with Gasteiger partial charge < -0.3 is 15.6 Å². The Morgan fingerprint density at radius 3 is 2.81 bits per heavy atom. The van der Waals surface area contributed by atoms with Crippen molar-refractivity contribution < 1.29 is 4.52 Å². The van der Waals surface area contributed by atoms with Crippen molar-refractivity contribution in [3.05, 3.63) is 42.2 Å². The number of rotatable bonds is 4. The second-order valence-corrected chi connectivity index (χ2v) is 5.37. The Morgan fingerprint density at radius 2 is 2.05 bits per heavy atom. The van der Waals surface area contributed by atoms with Crippen molar-refractivity contribution in [3.63, 3.8) is 0 Å². The van der Waals surface area contributed by atoms with Gasteiger partial charge >= 0.3 is 0 Å². The van der Waals surface area contributed by atoms with E-state index < -0.39 is 0 Å². The lowest BCUT2D eigenvalue weighted by Gasteiger charge is -2.11. The molecule has 0 spiro atoms. The minimum absolute atomic E-state index is 0.408. The minimum Gasteiger partial charge on any atom is -0.370 e. The zero-order valence-electron chi connectivity index (χ0n) is 12.0. The van der Waals surface area contributed by atoms with Crippen molar-refractivity contribution >= 4 is 5.96 Å². The highest BCUT2D eigenvalue weighted by atomic mass is 16.5. The van der Waals surface area contributed by atoms with Gasteiger partial charge in [0.1, 0.15) is 12.2 Å². The van der Waals surface area contributed by atoms with Crippen LogP contribution in [-0.4, -0.2) is 17.2 Å². The molecule has 0 unspecified atom stereocenters. The molecule has 2 aromatic rings. The zero-order valence-corrected chi connectivity index (χ0v) is 12.0. The first-order valence-electron chi connectivity index (χ1n) is 7.39. The average molecular weight is 284 g/mol. The summed E-state index contributed by atoms with van der Waals surface area (Å²) in [6, 6.07) is 12.3.